The molecule has 0 fully saturated rings. The Morgan fingerprint density at radius 2 is 1.03 bits per heavy atom. The highest BCUT2D eigenvalue weighted by molar-refractivity contribution is 6.22. The molecule has 10 aromatic carbocycles. The molecule has 1 aliphatic heterocycles. The molecular formula is C59H37N5O. The predicted octanol–water partition coefficient (Wildman–Crippen LogP) is 14.6. The molecule has 13 aromatic rings. The molecule has 1 atom stereocenters. The first kappa shape index (κ1) is 35.8. The minimum Gasteiger partial charge on any atom is -0.455 e. The number of furan rings is 1. The fraction of sp³-hybridized carbons (Fsp3) is 0.0169. The zero-order valence-corrected chi connectivity index (χ0v) is 35.0. The van der Waals surface area contributed by atoms with Gasteiger partial charge in [-0.05, 0) is 106 Å². The molecule has 1 aliphatic rings. The number of aromatic nitrogens is 2. The van der Waals surface area contributed by atoms with Gasteiger partial charge in [0.15, 0.2) is 5.84 Å². The highest BCUT2D eigenvalue weighted by Crippen LogP contribution is 2.40. The normalized spacial score (nSPS) is 14.3. The van der Waals surface area contributed by atoms with Gasteiger partial charge in [0.25, 0.3) is 0 Å². The maximum atomic E-state index is 6.86. The molecule has 0 aliphatic carbocycles. The van der Waals surface area contributed by atoms with E-state index in [0.29, 0.717) is 11.7 Å². The topological polar surface area (TPSA) is 59.8 Å². The van der Waals surface area contributed by atoms with Gasteiger partial charge >= 0.3 is 0 Å². The second kappa shape index (κ2) is 13.9. The lowest BCUT2D eigenvalue weighted by atomic mass is 10.0. The van der Waals surface area contributed by atoms with Gasteiger partial charge in [0.05, 0.1) is 27.6 Å². The summed E-state index contributed by atoms with van der Waals surface area (Å²) in [7, 11) is 0. The van der Waals surface area contributed by atoms with Gasteiger partial charge in [-0.25, -0.2) is 9.98 Å². The number of benzene rings is 10. The third kappa shape index (κ3) is 5.54. The predicted molar refractivity (Wildman–Crippen MR) is 269 cm³/mol. The van der Waals surface area contributed by atoms with Crippen LogP contribution in [0.1, 0.15) is 22.9 Å². The quantitative estimate of drug-likeness (QED) is 0.188. The fourth-order valence-electron chi connectivity index (χ4n) is 10.3. The SMILES string of the molecule is c1ccc(-n2c3ccccc3c3cc(C4=NC(c5ccc6ccccc6c5)NC(c5cc(-n6c7ccccc7c7cc8ccccc8cc76)cc6c5oc5ccccc56)=N4)ccc32)cc1. The largest absolute Gasteiger partial charge is 0.455 e. The molecule has 0 saturated carbocycles. The Bertz CT molecular complexity index is 4170. The van der Waals surface area contributed by atoms with E-state index in [1.165, 1.54) is 32.3 Å². The fourth-order valence-corrected chi connectivity index (χ4v) is 10.3. The van der Waals surface area contributed by atoms with Crippen LogP contribution in [0.4, 0.5) is 0 Å². The molecular weight excluding hydrogens is 795 g/mol. The summed E-state index contributed by atoms with van der Waals surface area (Å²) >= 11 is 0. The van der Waals surface area contributed by atoms with Crippen LogP contribution >= 0.6 is 0 Å². The Balaban J connectivity index is 1.02. The standard InChI is InChI=1S/C59H37N5O/c1-2-18-42(19-3-1)63-51-23-11-8-20-44(51)47-32-41(28-29-53(47)63)58-60-57(40-27-26-36-14-4-5-15-37(36)30-40)61-59(62-58)50-35-43(34-49-46-22-10-13-25-55(46)65-56(49)50)64-52-24-12-9-21-45(52)48-31-38-16-6-7-17-39(38)33-54(48)64/h1-35,57H,(H,60,61,62). The Morgan fingerprint density at radius 3 is 1.82 bits per heavy atom. The Kier molecular flexibility index (Phi) is 7.65. The number of aliphatic imine (C=N–C) groups is 2. The Labute approximate surface area is 372 Å². The number of amidine groups is 2. The van der Waals surface area contributed by atoms with Crippen molar-refractivity contribution in [3.05, 3.63) is 229 Å². The number of fused-ring (bicyclic) bond motifs is 11. The van der Waals surface area contributed by atoms with E-state index in [2.05, 4.69) is 215 Å². The van der Waals surface area contributed by atoms with E-state index in [9.17, 15) is 0 Å². The molecule has 0 amide bonds. The van der Waals surface area contributed by atoms with E-state index >= 15 is 0 Å². The third-order valence-corrected chi connectivity index (χ3v) is 13.3. The molecule has 0 saturated heterocycles. The second-order valence-corrected chi connectivity index (χ2v) is 17.0. The zero-order chi connectivity index (χ0) is 42.6. The number of hydrogen-bond acceptors (Lipinski definition) is 4. The highest BCUT2D eigenvalue weighted by Gasteiger charge is 2.27. The lowest BCUT2D eigenvalue weighted by Crippen LogP contribution is -2.33. The first-order chi connectivity index (χ1) is 32.2. The van der Waals surface area contributed by atoms with E-state index in [-0.39, 0.29) is 0 Å². The van der Waals surface area contributed by atoms with Crippen molar-refractivity contribution in [2.45, 2.75) is 6.17 Å². The summed E-state index contributed by atoms with van der Waals surface area (Å²) in [4.78, 5) is 10.9. The zero-order valence-electron chi connectivity index (χ0n) is 35.0. The molecule has 0 spiro atoms. The summed E-state index contributed by atoms with van der Waals surface area (Å²) < 4.78 is 11.6. The number of nitrogens with one attached hydrogen (secondary N) is 1. The van der Waals surface area contributed by atoms with Crippen LogP contribution in [-0.2, 0) is 0 Å². The maximum Gasteiger partial charge on any atom is 0.159 e. The maximum absolute atomic E-state index is 6.86. The molecule has 0 bridgehead atoms. The lowest BCUT2D eigenvalue weighted by Gasteiger charge is -2.24. The van der Waals surface area contributed by atoms with E-state index in [1.807, 2.05) is 12.1 Å². The van der Waals surface area contributed by atoms with Crippen LogP contribution in [-0.4, -0.2) is 20.8 Å². The molecule has 1 unspecified atom stereocenters. The van der Waals surface area contributed by atoms with Gasteiger partial charge in [-0.15, -0.1) is 0 Å². The van der Waals surface area contributed by atoms with Crippen LogP contribution in [0.15, 0.2) is 227 Å². The summed E-state index contributed by atoms with van der Waals surface area (Å²) in [6.45, 7) is 0. The summed E-state index contributed by atoms with van der Waals surface area (Å²) in [6.07, 6.45) is -0.439. The van der Waals surface area contributed by atoms with E-state index < -0.39 is 6.17 Å². The van der Waals surface area contributed by atoms with Gasteiger partial charge in [0.2, 0.25) is 0 Å². The van der Waals surface area contributed by atoms with Crippen molar-refractivity contribution in [2.75, 3.05) is 0 Å². The summed E-state index contributed by atoms with van der Waals surface area (Å²) in [5.41, 5.74) is 11.1. The third-order valence-electron chi connectivity index (χ3n) is 13.3. The Hall–Kier alpha value is -8.74. The Morgan fingerprint density at radius 1 is 0.415 bits per heavy atom. The number of rotatable bonds is 5. The van der Waals surface area contributed by atoms with Crippen molar-refractivity contribution >= 4 is 98.8 Å². The van der Waals surface area contributed by atoms with E-state index in [1.54, 1.807) is 0 Å². The van der Waals surface area contributed by atoms with Crippen LogP contribution in [0.2, 0.25) is 0 Å². The number of nitrogens with zero attached hydrogens (tertiary/aromatic N) is 4. The molecule has 4 heterocycles. The summed E-state index contributed by atoms with van der Waals surface area (Å²) in [5, 5.41) is 15.4. The highest BCUT2D eigenvalue weighted by atomic mass is 16.3. The van der Waals surface area contributed by atoms with Gasteiger partial charge < -0.3 is 18.9 Å². The molecule has 6 nitrogen and oxygen atoms in total. The van der Waals surface area contributed by atoms with Crippen molar-refractivity contribution in [3.63, 3.8) is 0 Å². The lowest BCUT2D eigenvalue weighted by molar-refractivity contribution is 0.660. The van der Waals surface area contributed by atoms with Crippen LogP contribution in [0, 0.1) is 0 Å². The van der Waals surface area contributed by atoms with Gasteiger partial charge in [0.1, 0.15) is 23.2 Å². The van der Waals surface area contributed by atoms with Crippen LogP contribution in [0.25, 0.3) is 98.5 Å². The van der Waals surface area contributed by atoms with E-state index in [0.717, 1.165) is 82.8 Å². The number of para-hydroxylation sites is 4. The van der Waals surface area contributed by atoms with Gasteiger partial charge in [-0.1, -0.05) is 133 Å². The minimum atomic E-state index is -0.439. The molecule has 3 aromatic heterocycles. The first-order valence-corrected chi connectivity index (χ1v) is 22.1. The van der Waals surface area contributed by atoms with Crippen LogP contribution < -0.4 is 5.32 Å². The van der Waals surface area contributed by atoms with Crippen LogP contribution in [0.3, 0.4) is 0 Å². The second-order valence-electron chi connectivity index (χ2n) is 17.0. The average Bonchev–Trinajstić information content (AvgIpc) is 4.02. The monoisotopic (exact) mass is 831 g/mol. The molecule has 14 rings (SSSR count). The van der Waals surface area contributed by atoms with Crippen molar-refractivity contribution in [2.24, 2.45) is 9.98 Å². The minimum absolute atomic E-state index is 0.439. The van der Waals surface area contributed by atoms with Gasteiger partial charge in [-0.3, -0.25) is 0 Å². The smallest absolute Gasteiger partial charge is 0.159 e. The van der Waals surface area contributed by atoms with Crippen LogP contribution in [0.5, 0.6) is 0 Å². The number of hydrogen-bond donors (Lipinski definition) is 1. The van der Waals surface area contributed by atoms with Crippen molar-refractivity contribution in [3.8, 4) is 11.4 Å². The molecule has 304 valence electrons. The average molecular weight is 832 g/mol. The van der Waals surface area contributed by atoms with Crippen molar-refractivity contribution < 1.29 is 4.42 Å². The first-order valence-electron chi connectivity index (χ1n) is 22.1. The van der Waals surface area contributed by atoms with Crippen molar-refractivity contribution in [1.82, 2.24) is 14.5 Å². The molecule has 0 radical (unpaired) electrons. The van der Waals surface area contributed by atoms with Crippen molar-refractivity contribution in [1.29, 1.82) is 0 Å². The summed E-state index contributed by atoms with van der Waals surface area (Å²) in [6, 6.07) is 75.7. The molecule has 6 heteroatoms. The summed E-state index contributed by atoms with van der Waals surface area (Å²) in [5.74, 6) is 1.34. The van der Waals surface area contributed by atoms with E-state index in [4.69, 9.17) is 14.4 Å². The molecule has 65 heavy (non-hydrogen) atoms. The molecule has 1 N–H and O–H groups in total. The van der Waals surface area contributed by atoms with Gasteiger partial charge in [-0.2, -0.15) is 0 Å². The van der Waals surface area contributed by atoms with Gasteiger partial charge in [0, 0.05) is 49.3 Å².